The van der Waals surface area contributed by atoms with Crippen LogP contribution in [0, 0.1) is 6.92 Å². The standard InChI is InChI=1S/C13H12BrNO3S/c1-9-8-10(14)2-7-13(9)18-11-3-5-12(6-4-11)19(15,16)17/h2-8H,1H3,(H2,15,16,17). The number of aryl methyl sites for hydroxylation is 1. The lowest BCUT2D eigenvalue weighted by atomic mass is 10.2. The molecule has 0 heterocycles. The number of sulfonamides is 1. The highest BCUT2D eigenvalue weighted by Crippen LogP contribution is 2.27. The first-order valence-electron chi connectivity index (χ1n) is 5.43. The third-order valence-corrected chi connectivity index (χ3v) is 3.94. The van der Waals surface area contributed by atoms with E-state index >= 15 is 0 Å². The van der Waals surface area contributed by atoms with Gasteiger partial charge in [-0.05, 0) is 55.0 Å². The van der Waals surface area contributed by atoms with E-state index in [2.05, 4.69) is 15.9 Å². The fourth-order valence-corrected chi connectivity index (χ4v) is 2.54. The van der Waals surface area contributed by atoms with Crippen molar-refractivity contribution in [3.8, 4) is 11.5 Å². The van der Waals surface area contributed by atoms with Crippen molar-refractivity contribution in [1.29, 1.82) is 0 Å². The number of nitrogens with two attached hydrogens (primary N) is 1. The molecule has 100 valence electrons. The van der Waals surface area contributed by atoms with Gasteiger partial charge in [0.1, 0.15) is 11.5 Å². The summed E-state index contributed by atoms with van der Waals surface area (Å²) < 4.78 is 28.9. The number of halogens is 1. The molecule has 0 aliphatic carbocycles. The first-order valence-corrected chi connectivity index (χ1v) is 7.77. The molecule has 0 unspecified atom stereocenters. The van der Waals surface area contributed by atoms with Crippen LogP contribution in [-0.4, -0.2) is 8.42 Å². The van der Waals surface area contributed by atoms with E-state index in [-0.39, 0.29) is 4.90 Å². The molecule has 6 heteroatoms. The van der Waals surface area contributed by atoms with E-state index in [1.165, 1.54) is 12.1 Å². The van der Waals surface area contributed by atoms with Crippen LogP contribution < -0.4 is 9.88 Å². The summed E-state index contributed by atoms with van der Waals surface area (Å²) in [7, 11) is -3.67. The molecular weight excluding hydrogens is 330 g/mol. The molecule has 0 spiro atoms. The summed E-state index contributed by atoms with van der Waals surface area (Å²) >= 11 is 3.38. The molecule has 4 nitrogen and oxygen atoms in total. The van der Waals surface area contributed by atoms with Gasteiger partial charge in [-0.3, -0.25) is 0 Å². The molecule has 0 bridgehead atoms. The molecule has 0 fully saturated rings. The number of benzene rings is 2. The van der Waals surface area contributed by atoms with Gasteiger partial charge < -0.3 is 4.74 Å². The average Bonchev–Trinajstić information content (AvgIpc) is 2.32. The van der Waals surface area contributed by atoms with Crippen LogP contribution in [0.2, 0.25) is 0 Å². The second-order valence-corrected chi connectivity index (χ2v) is 6.51. The van der Waals surface area contributed by atoms with E-state index < -0.39 is 10.0 Å². The molecule has 0 saturated carbocycles. The van der Waals surface area contributed by atoms with Crippen molar-refractivity contribution in [2.24, 2.45) is 5.14 Å². The molecule has 19 heavy (non-hydrogen) atoms. The molecule has 0 amide bonds. The van der Waals surface area contributed by atoms with Gasteiger partial charge in [-0.2, -0.15) is 0 Å². The summed E-state index contributed by atoms with van der Waals surface area (Å²) in [4.78, 5) is 0.0624. The Hall–Kier alpha value is -1.37. The van der Waals surface area contributed by atoms with Crippen molar-refractivity contribution >= 4 is 26.0 Å². The Balaban J connectivity index is 2.25. The van der Waals surface area contributed by atoms with Crippen LogP contribution in [0.4, 0.5) is 0 Å². The highest BCUT2D eigenvalue weighted by Gasteiger charge is 2.08. The smallest absolute Gasteiger partial charge is 0.238 e. The lowest BCUT2D eigenvalue weighted by molar-refractivity contribution is 0.478. The normalized spacial score (nSPS) is 11.3. The fourth-order valence-electron chi connectivity index (χ4n) is 1.55. The number of primary sulfonamides is 1. The van der Waals surface area contributed by atoms with Crippen LogP contribution >= 0.6 is 15.9 Å². The van der Waals surface area contributed by atoms with Crippen molar-refractivity contribution < 1.29 is 13.2 Å². The lowest BCUT2D eigenvalue weighted by Crippen LogP contribution is -2.11. The Labute approximate surface area is 120 Å². The van der Waals surface area contributed by atoms with Crippen LogP contribution in [0.25, 0.3) is 0 Å². The van der Waals surface area contributed by atoms with Gasteiger partial charge in [-0.15, -0.1) is 0 Å². The van der Waals surface area contributed by atoms with Gasteiger partial charge in [0.05, 0.1) is 4.90 Å². The van der Waals surface area contributed by atoms with Crippen molar-refractivity contribution in [3.05, 3.63) is 52.5 Å². The average molecular weight is 342 g/mol. The highest BCUT2D eigenvalue weighted by molar-refractivity contribution is 9.10. The zero-order valence-electron chi connectivity index (χ0n) is 10.1. The van der Waals surface area contributed by atoms with Crippen molar-refractivity contribution in [2.45, 2.75) is 11.8 Å². The van der Waals surface area contributed by atoms with Gasteiger partial charge in [0.2, 0.25) is 10.0 Å². The second kappa shape index (κ2) is 5.32. The van der Waals surface area contributed by atoms with Gasteiger partial charge in [0, 0.05) is 4.47 Å². The van der Waals surface area contributed by atoms with E-state index in [0.717, 1.165) is 10.0 Å². The summed E-state index contributed by atoms with van der Waals surface area (Å²) in [5.41, 5.74) is 0.977. The van der Waals surface area contributed by atoms with E-state index in [0.29, 0.717) is 11.5 Å². The Morgan fingerprint density at radius 3 is 2.26 bits per heavy atom. The van der Waals surface area contributed by atoms with Crippen molar-refractivity contribution in [3.63, 3.8) is 0 Å². The van der Waals surface area contributed by atoms with E-state index in [4.69, 9.17) is 9.88 Å². The highest BCUT2D eigenvalue weighted by atomic mass is 79.9. The Morgan fingerprint density at radius 1 is 1.11 bits per heavy atom. The predicted molar refractivity (Wildman–Crippen MR) is 76.8 cm³/mol. The lowest BCUT2D eigenvalue weighted by Gasteiger charge is -2.09. The third-order valence-electron chi connectivity index (χ3n) is 2.52. The van der Waals surface area contributed by atoms with Gasteiger partial charge in [-0.1, -0.05) is 15.9 Å². The maximum absolute atomic E-state index is 11.1. The minimum Gasteiger partial charge on any atom is -0.457 e. The number of rotatable bonds is 3. The molecule has 0 aromatic heterocycles. The van der Waals surface area contributed by atoms with Gasteiger partial charge in [0.15, 0.2) is 0 Å². The molecule has 2 rings (SSSR count). The summed E-state index contributed by atoms with van der Waals surface area (Å²) in [5.74, 6) is 1.27. The summed E-state index contributed by atoms with van der Waals surface area (Å²) in [5, 5.41) is 5.03. The first-order chi connectivity index (χ1) is 8.86. The monoisotopic (exact) mass is 341 g/mol. The molecule has 2 aromatic rings. The topological polar surface area (TPSA) is 69.4 Å². The minimum absolute atomic E-state index is 0.0624. The summed E-state index contributed by atoms with van der Waals surface area (Å²) in [6.45, 7) is 1.93. The largest absolute Gasteiger partial charge is 0.457 e. The maximum atomic E-state index is 11.1. The molecule has 0 atom stereocenters. The Morgan fingerprint density at radius 2 is 1.74 bits per heavy atom. The predicted octanol–water partition coefficient (Wildman–Crippen LogP) is 3.20. The van der Waals surface area contributed by atoms with E-state index in [9.17, 15) is 8.42 Å². The minimum atomic E-state index is -3.67. The maximum Gasteiger partial charge on any atom is 0.238 e. The number of hydrogen-bond donors (Lipinski definition) is 1. The van der Waals surface area contributed by atoms with Gasteiger partial charge in [0.25, 0.3) is 0 Å². The van der Waals surface area contributed by atoms with Crippen LogP contribution in [-0.2, 0) is 10.0 Å². The molecule has 0 radical (unpaired) electrons. The summed E-state index contributed by atoms with van der Waals surface area (Å²) in [6.07, 6.45) is 0. The molecule has 0 saturated heterocycles. The van der Waals surface area contributed by atoms with Crippen LogP contribution in [0.5, 0.6) is 11.5 Å². The van der Waals surface area contributed by atoms with Crippen LogP contribution in [0.1, 0.15) is 5.56 Å². The number of ether oxygens (including phenoxy) is 1. The summed E-state index contributed by atoms with van der Waals surface area (Å²) in [6, 6.07) is 11.6. The van der Waals surface area contributed by atoms with Gasteiger partial charge in [-0.25, -0.2) is 13.6 Å². The Kier molecular flexibility index (Phi) is 3.93. The molecule has 0 aliphatic rings. The van der Waals surface area contributed by atoms with E-state index in [1.54, 1.807) is 12.1 Å². The molecule has 2 aromatic carbocycles. The fraction of sp³-hybridized carbons (Fsp3) is 0.0769. The molecule has 2 N–H and O–H groups in total. The molecule has 0 aliphatic heterocycles. The van der Waals surface area contributed by atoms with Crippen molar-refractivity contribution in [2.75, 3.05) is 0 Å². The Bertz CT molecular complexity index is 696. The number of hydrogen-bond acceptors (Lipinski definition) is 3. The van der Waals surface area contributed by atoms with Crippen molar-refractivity contribution in [1.82, 2.24) is 0 Å². The molecular formula is C13H12BrNO3S. The first kappa shape index (κ1) is 14.0. The second-order valence-electron chi connectivity index (χ2n) is 4.03. The van der Waals surface area contributed by atoms with Crippen LogP contribution in [0.15, 0.2) is 51.8 Å². The third kappa shape index (κ3) is 3.56. The quantitative estimate of drug-likeness (QED) is 0.931. The van der Waals surface area contributed by atoms with Crippen LogP contribution in [0.3, 0.4) is 0 Å². The zero-order valence-corrected chi connectivity index (χ0v) is 12.5. The SMILES string of the molecule is Cc1cc(Br)ccc1Oc1ccc(S(N)(=O)=O)cc1. The zero-order chi connectivity index (χ0) is 14.0. The van der Waals surface area contributed by atoms with E-state index in [1.807, 2.05) is 25.1 Å². The van der Waals surface area contributed by atoms with Gasteiger partial charge >= 0.3 is 0 Å².